The number of nitrogens with zero attached hydrogens (tertiary/aromatic N) is 4. The summed E-state index contributed by atoms with van der Waals surface area (Å²) in [7, 11) is 0. The summed E-state index contributed by atoms with van der Waals surface area (Å²) in [5.74, 6) is 0.363. The van der Waals surface area contributed by atoms with Crippen molar-refractivity contribution in [3.05, 3.63) is 41.3 Å². The molecule has 18 heavy (non-hydrogen) atoms. The summed E-state index contributed by atoms with van der Waals surface area (Å²) >= 11 is 0. The molecule has 0 saturated heterocycles. The minimum atomic E-state index is -0.467. The smallest absolute Gasteiger partial charge is 0.276 e. The first kappa shape index (κ1) is 10.4. The number of hydrogen-bond donors (Lipinski definition) is 3. The van der Waals surface area contributed by atoms with Crippen molar-refractivity contribution in [1.29, 1.82) is 0 Å². The van der Waals surface area contributed by atoms with Gasteiger partial charge in [-0.15, -0.1) is 0 Å². The Balaban J connectivity index is 2.20. The maximum atomic E-state index is 11.5. The van der Waals surface area contributed by atoms with Crippen LogP contribution < -0.4 is 11.0 Å². The van der Waals surface area contributed by atoms with E-state index in [2.05, 4.69) is 20.1 Å². The zero-order valence-corrected chi connectivity index (χ0v) is 9.03. The Morgan fingerprint density at radius 1 is 1.33 bits per heavy atom. The summed E-state index contributed by atoms with van der Waals surface area (Å²) in [4.78, 5) is 22.1. The van der Waals surface area contributed by atoms with E-state index in [9.17, 15) is 4.79 Å². The molecule has 0 aliphatic carbocycles. The number of aromatic amines is 1. The van der Waals surface area contributed by atoms with Crippen molar-refractivity contribution < 1.29 is 5.21 Å². The van der Waals surface area contributed by atoms with Crippen molar-refractivity contribution >= 4 is 11.2 Å². The van der Waals surface area contributed by atoms with Crippen molar-refractivity contribution in [3.8, 4) is 11.4 Å². The molecule has 3 rings (SSSR count). The lowest BCUT2D eigenvalue weighted by Gasteiger charge is -2.00. The van der Waals surface area contributed by atoms with Gasteiger partial charge in [0.25, 0.3) is 5.56 Å². The monoisotopic (exact) mass is 244 g/mol. The van der Waals surface area contributed by atoms with Crippen LogP contribution in [0.1, 0.15) is 0 Å². The largest absolute Gasteiger partial charge is 0.305 e. The van der Waals surface area contributed by atoms with Crippen molar-refractivity contribution in [2.45, 2.75) is 0 Å². The molecule has 0 bridgehead atoms. The van der Waals surface area contributed by atoms with Crippen LogP contribution in [0.5, 0.6) is 0 Å². The quantitative estimate of drug-likeness (QED) is 0.559. The van der Waals surface area contributed by atoms with E-state index >= 15 is 0 Å². The molecular weight excluding hydrogens is 236 g/mol. The normalized spacial score (nSPS) is 10.7. The summed E-state index contributed by atoms with van der Waals surface area (Å²) in [5, 5.41) is 12.8. The SMILES string of the molecule is O=c1[nH]c(-c2cnn3ccncc23)ncc1NO. The molecule has 3 N–H and O–H groups in total. The van der Waals surface area contributed by atoms with Gasteiger partial charge in [0.1, 0.15) is 11.5 Å². The second-order valence-electron chi connectivity index (χ2n) is 3.55. The van der Waals surface area contributed by atoms with Crippen LogP contribution in [0.2, 0.25) is 0 Å². The zero-order chi connectivity index (χ0) is 12.5. The van der Waals surface area contributed by atoms with Gasteiger partial charge in [0.05, 0.1) is 29.7 Å². The third-order valence-electron chi connectivity index (χ3n) is 2.50. The van der Waals surface area contributed by atoms with Gasteiger partial charge in [0.2, 0.25) is 0 Å². The molecule has 0 fully saturated rings. The first-order valence-corrected chi connectivity index (χ1v) is 5.07. The minimum Gasteiger partial charge on any atom is -0.305 e. The molecule has 3 heterocycles. The Hall–Kier alpha value is -2.74. The van der Waals surface area contributed by atoms with Crippen LogP contribution >= 0.6 is 0 Å². The van der Waals surface area contributed by atoms with Crippen LogP contribution in [-0.4, -0.2) is 29.8 Å². The maximum Gasteiger partial charge on any atom is 0.276 e. The summed E-state index contributed by atoms with van der Waals surface area (Å²) in [6.45, 7) is 0. The first-order chi connectivity index (χ1) is 8.79. The molecule has 8 nitrogen and oxygen atoms in total. The van der Waals surface area contributed by atoms with Crippen molar-refractivity contribution in [2.75, 3.05) is 5.48 Å². The Labute approximate surface area is 99.9 Å². The van der Waals surface area contributed by atoms with Crippen LogP contribution in [0.15, 0.2) is 35.8 Å². The molecule has 0 spiro atoms. The van der Waals surface area contributed by atoms with Crippen molar-refractivity contribution in [1.82, 2.24) is 24.6 Å². The lowest BCUT2D eigenvalue weighted by Crippen LogP contribution is -2.13. The Morgan fingerprint density at radius 3 is 3.00 bits per heavy atom. The molecule has 0 amide bonds. The van der Waals surface area contributed by atoms with Gasteiger partial charge in [0, 0.05) is 12.4 Å². The van der Waals surface area contributed by atoms with E-state index in [-0.39, 0.29) is 5.69 Å². The van der Waals surface area contributed by atoms with Gasteiger partial charge >= 0.3 is 0 Å². The molecule has 0 aromatic carbocycles. The Kier molecular flexibility index (Phi) is 2.27. The predicted molar refractivity (Wildman–Crippen MR) is 62.2 cm³/mol. The molecule has 8 heteroatoms. The number of nitrogens with one attached hydrogen (secondary N) is 2. The molecule has 3 aromatic heterocycles. The molecule has 0 aliphatic rings. The van der Waals surface area contributed by atoms with Crippen LogP contribution in [-0.2, 0) is 0 Å². The number of aromatic nitrogens is 5. The topological polar surface area (TPSA) is 108 Å². The molecule has 0 aliphatic heterocycles. The van der Waals surface area contributed by atoms with E-state index in [4.69, 9.17) is 5.21 Å². The second kappa shape index (κ2) is 3.93. The molecule has 3 aromatic rings. The molecule has 90 valence electrons. The highest BCUT2D eigenvalue weighted by Crippen LogP contribution is 2.19. The minimum absolute atomic E-state index is 0.0200. The standard InChI is InChI=1S/C10H8N6O2/c17-10-7(15-18)4-12-9(14-10)6-3-13-16-2-1-11-5-8(6)16/h1-5,15,18H,(H,12,14,17). The average molecular weight is 244 g/mol. The van der Waals surface area contributed by atoms with Gasteiger partial charge in [0.15, 0.2) is 0 Å². The average Bonchev–Trinajstić information content (AvgIpc) is 2.82. The number of H-pyrrole nitrogens is 1. The first-order valence-electron chi connectivity index (χ1n) is 5.07. The highest BCUT2D eigenvalue weighted by molar-refractivity contribution is 5.74. The number of anilines is 1. The van der Waals surface area contributed by atoms with Gasteiger partial charge in [-0.2, -0.15) is 5.10 Å². The zero-order valence-electron chi connectivity index (χ0n) is 9.03. The molecule has 0 atom stereocenters. The summed E-state index contributed by atoms with van der Waals surface area (Å²) in [6, 6.07) is 0. The number of fused-ring (bicyclic) bond motifs is 1. The van der Waals surface area contributed by atoms with Crippen LogP contribution in [0.4, 0.5) is 5.69 Å². The van der Waals surface area contributed by atoms with Gasteiger partial charge in [-0.05, 0) is 0 Å². The molecular formula is C10H8N6O2. The van der Waals surface area contributed by atoms with E-state index in [1.807, 2.05) is 0 Å². The molecule has 0 radical (unpaired) electrons. The van der Waals surface area contributed by atoms with E-state index in [1.165, 1.54) is 6.20 Å². The number of hydrogen-bond acceptors (Lipinski definition) is 6. The van der Waals surface area contributed by atoms with E-state index in [0.717, 1.165) is 5.52 Å². The second-order valence-corrected chi connectivity index (χ2v) is 3.55. The van der Waals surface area contributed by atoms with Crippen LogP contribution in [0, 0.1) is 0 Å². The predicted octanol–water partition coefficient (Wildman–Crippen LogP) is 0.281. The number of rotatable bonds is 2. The lowest BCUT2D eigenvalue weighted by atomic mass is 10.3. The van der Waals surface area contributed by atoms with Crippen molar-refractivity contribution in [2.24, 2.45) is 0 Å². The lowest BCUT2D eigenvalue weighted by molar-refractivity contribution is 0.387. The fourth-order valence-electron chi connectivity index (χ4n) is 1.63. The Morgan fingerprint density at radius 2 is 2.22 bits per heavy atom. The van der Waals surface area contributed by atoms with Crippen LogP contribution in [0.3, 0.4) is 0 Å². The fourth-order valence-corrected chi connectivity index (χ4v) is 1.63. The Bertz CT molecular complexity index is 762. The highest BCUT2D eigenvalue weighted by atomic mass is 16.5. The van der Waals surface area contributed by atoms with Gasteiger partial charge in [-0.3, -0.25) is 20.5 Å². The molecule has 0 unspecified atom stereocenters. The van der Waals surface area contributed by atoms with Gasteiger partial charge in [-0.25, -0.2) is 9.50 Å². The van der Waals surface area contributed by atoms with Gasteiger partial charge < -0.3 is 4.98 Å². The van der Waals surface area contributed by atoms with E-state index in [1.54, 1.807) is 34.8 Å². The fraction of sp³-hybridized carbons (Fsp3) is 0. The van der Waals surface area contributed by atoms with Crippen LogP contribution in [0.25, 0.3) is 16.9 Å². The van der Waals surface area contributed by atoms with Gasteiger partial charge in [-0.1, -0.05) is 0 Å². The van der Waals surface area contributed by atoms with E-state index < -0.39 is 5.56 Å². The van der Waals surface area contributed by atoms with Crippen molar-refractivity contribution in [3.63, 3.8) is 0 Å². The van der Waals surface area contributed by atoms with E-state index in [0.29, 0.717) is 11.4 Å². The third-order valence-corrected chi connectivity index (χ3v) is 2.50. The molecule has 0 saturated carbocycles. The summed E-state index contributed by atoms with van der Waals surface area (Å²) < 4.78 is 1.63. The summed E-state index contributed by atoms with van der Waals surface area (Å²) in [5.41, 5.74) is 2.66. The third kappa shape index (κ3) is 1.52. The summed E-state index contributed by atoms with van der Waals surface area (Å²) in [6.07, 6.45) is 7.76. The highest BCUT2D eigenvalue weighted by Gasteiger charge is 2.09. The maximum absolute atomic E-state index is 11.5.